The van der Waals surface area contributed by atoms with Crippen LogP contribution in [0.25, 0.3) is 0 Å². The van der Waals surface area contributed by atoms with Crippen molar-refractivity contribution in [3.8, 4) is 0 Å². The monoisotopic (exact) mass is 485 g/mol. The quantitative estimate of drug-likeness (QED) is 0.404. The third-order valence-corrected chi connectivity index (χ3v) is 6.34. The molecule has 0 aliphatic heterocycles. The normalized spacial score (nSPS) is 11.0. The Morgan fingerprint density at radius 2 is 1.45 bits per heavy atom. The molecule has 3 rings (SSSR count). The average molecular weight is 486 g/mol. The third kappa shape index (κ3) is 7.06. The van der Waals surface area contributed by atoms with E-state index in [0.717, 1.165) is 12.0 Å². The second kappa shape index (κ2) is 11.0. The Balaban J connectivity index is 1.56. The van der Waals surface area contributed by atoms with Gasteiger partial charge in [0.15, 0.2) is 0 Å². The molecule has 9 heteroatoms. The van der Waals surface area contributed by atoms with E-state index in [1.54, 1.807) is 36.4 Å². The highest BCUT2D eigenvalue weighted by molar-refractivity contribution is 7.92. The van der Waals surface area contributed by atoms with Crippen LogP contribution in [0.3, 0.4) is 0 Å². The smallest absolute Gasteiger partial charge is 0.261 e. The summed E-state index contributed by atoms with van der Waals surface area (Å²) >= 11 is 5.82. The molecular formula is C24H24ClN3O4S. The Morgan fingerprint density at radius 1 is 0.848 bits per heavy atom. The number of anilines is 2. The molecule has 0 fully saturated rings. The van der Waals surface area contributed by atoms with Crippen LogP contribution in [0.2, 0.25) is 5.02 Å². The van der Waals surface area contributed by atoms with Gasteiger partial charge in [0.25, 0.3) is 15.9 Å². The summed E-state index contributed by atoms with van der Waals surface area (Å²) in [5.41, 5.74) is 2.29. The lowest BCUT2D eigenvalue weighted by atomic mass is 10.1. The van der Waals surface area contributed by atoms with Gasteiger partial charge in [-0.3, -0.25) is 14.3 Å². The van der Waals surface area contributed by atoms with Crippen molar-refractivity contribution in [2.24, 2.45) is 0 Å². The van der Waals surface area contributed by atoms with Crippen molar-refractivity contribution in [1.82, 2.24) is 5.32 Å². The van der Waals surface area contributed by atoms with Crippen LogP contribution >= 0.6 is 11.6 Å². The van der Waals surface area contributed by atoms with Crippen LogP contribution in [-0.4, -0.2) is 20.2 Å². The first-order valence-corrected chi connectivity index (χ1v) is 12.2. The lowest BCUT2D eigenvalue weighted by Crippen LogP contribution is -2.23. The molecule has 0 aliphatic rings. The maximum absolute atomic E-state index is 12.5. The maximum Gasteiger partial charge on any atom is 0.261 e. The summed E-state index contributed by atoms with van der Waals surface area (Å²) in [5, 5.41) is 6.11. The number of benzene rings is 3. The summed E-state index contributed by atoms with van der Waals surface area (Å²) in [6.07, 6.45) is 1.25. The Kier molecular flexibility index (Phi) is 8.08. The number of carbonyl (C=O) groups is 2. The number of hydrogen-bond acceptors (Lipinski definition) is 4. The van der Waals surface area contributed by atoms with E-state index in [9.17, 15) is 18.0 Å². The highest BCUT2D eigenvalue weighted by Crippen LogP contribution is 2.19. The van der Waals surface area contributed by atoms with Crippen molar-refractivity contribution in [3.63, 3.8) is 0 Å². The molecule has 3 N–H and O–H groups in total. The molecule has 0 bridgehead atoms. The number of amides is 2. The van der Waals surface area contributed by atoms with Gasteiger partial charge >= 0.3 is 0 Å². The second-order valence-corrected chi connectivity index (χ2v) is 9.43. The van der Waals surface area contributed by atoms with Gasteiger partial charge in [-0.15, -0.1) is 0 Å². The van der Waals surface area contributed by atoms with E-state index in [1.807, 2.05) is 19.1 Å². The molecule has 0 spiro atoms. The number of nitrogens with one attached hydrogen (secondary N) is 3. The van der Waals surface area contributed by atoms with E-state index in [0.29, 0.717) is 34.9 Å². The predicted molar refractivity (Wildman–Crippen MR) is 130 cm³/mol. The molecule has 0 saturated heterocycles. The third-order valence-electron chi connectivity index (χ3n) is 4.69. The minimum atomic E-state index is -3.80. The molecular weight excluding hydrogens is 462 g/mol. The van der Waals surface area contributed by atoms with Crippen molar-refractivity contribution in [1.29, 1.82) is 0 Å². The second-order valence-electron chi connectivity index (χ2n) is 7.31. The number of hydrogen-bond donors (Lipinski definition) is 3. The van der Waals surface area contributed by atoms with Crippen LogP contribution in [0, 0.1) is 0 Å². The van der Waals surface area contributed by atoms with Crippen molar-refractivity contribution in [2.45, 2.75) is 31.2 Å². The van der Waals surface area contributed by atoms with E-state index in [1.165, 1.54) is 24.3 Å². The van der Waals surface area contributed by atoms with E-state index >= 15 is 0 Å². The number of carbonyl (C=O) groups excluding carboxylic acids is 2. The van der Waals surface area contributed by atoms with Gasteiger partial charge in [-0.25, -0.2) is 8.42 Å². The average Bonchev–Trinajstić information content (AvgIpc) is 2.80. The molecule has 0 unspecified atom stereocenters. The van der Waals surface area contributed by atoms with Crippen LogP contribution in [0.15, 0.2) is 77.7 Å². The van der Waals surface area contributed by atoms with Gasteiger partial charge < -0.3 is 10.6 Å². The molecule has 3 aromatic rings. The van der Waals surface area contributed by atoms with Gasteiger partial charge in [0.05, 0.1) is 4.90 Å². The van der Waals surface area contributed by atoms with Crippen LogP contribution in [0.1, 0.15) is 35.7 Å². The van der Waals surface area contributed by atoms with Gasteiger partial charge in [0, 0.05) is 34.9 Å². The first-order chi connectivity index (χ1) is 15.8. The van der Waals surface area contributed by atoms with Crippen molar-refractivity contribution < 1.29 is 18.0 Å². The zero-order valence-corrected chi connectivity index (χ0v) is 19.5. The molecule has 2 amide bonds. The minimum Gasteiger partial charge on any atom is -0.348 e. The molecule has 3 aromatic carbocycles. The topological polar surface area (TPSA) is 104 Å². The summed E-state index contributed by atoms with van der Waals surface area (Å²) in [6, 6.07) is 19.2. The minimum absolute atomic E-state index is 0.0348. The Bertz CT molecular complexity index is 1210. The van der Waals surface area contributed by atoms with Gasteiger partial charge in [0.2, 0.25) is 5.91 Å². The fraction of sp³-hybridized carbons (Fsp3) is 0.167. The fourth-order valence-electron chi connectivity index (χ4n) is 2.96. The highest BCUT2D eigenvalue weighted by Gasteiger charge is 2.15. The molecule has 0 saturated carbocycles. The number of halogens is 1. The molecule has 0 aromatic heterocycles. The molecule has 7 nitrogen and oxygen atoms in total. The van der Waals surface area contributed by atoms with Crippen molar-refractivity contribution in [2.75, 3.05) is 10.0 Å². The predicted octanol–water partition coefficient (Wildman–Crippen LogP) is 4.81. The van der Waals surface area contributed by atoms with E-state index in [4.69, 9.17) is 11.6 Å². The van der Waals surface area contributed by atoms with E-state index in [-0.39, 0.29) is 16.7 Å². The summed E-state index contributed by atoms with van der Waals surface area (Å²) < 4.78 is 27.5. The van der Waals surface area contributed by atoms with Gasteiger partial charge in [-0.05, 0) is 72.6 Å². The molecule has 0 radical (unpaired) electrons. The molecule has 172 valence electrons. The van der Waals surface area contributed by atoms with Crippen molar-refractivity contribution in [3.05, 3.63) is 88.9 Å². The first-order valence-electron chi connectivity index (χ1n) is 10.3. The van der Waals surface area contributed by atoms with Gasteiger partial charge in [-0.2, -0.15) is 0 Å². The lowest BCUT2D eigenvalue weighted by Gasteiger charge is -2.10. The molecule has 0 atom stereocenters. The Labute approximate surface area is 198 Å². The fourth-order valence-corrected chi connectivity index (χ4v) is 4.14. The largest absolute Gasteiger partial charge is 0.348 e. The van der Waals surface area contributed by atoms with Crippen LogP contribution in [-0.2, 0) is 21.4 Å². The number of rotatable bonds is 9. The molecule has 0 aliphatic carbocycles. The highest BCUT2D eigenvalue weighted by atomic mass is 35.5. The molecule has 33 heavy (non-hydrogen) atoms. The first kappa shape index (κ1) is 24.3. The summed E-state index contributed by atoms with van der Waals surface area (Å²) in [4.78, 5) is 24.1. The zero-order valence-electron chi connectivity index (χ0n) is 18.0. The zero-order chi connectivity index (χ0) is 23.8. The van der Waals surface area contributed by atoms with Crippen LogP contribution in [0.5, 0.6) is 0 Å². The van der Waals surface area contributed by atoms with Crippen LogP contribution < -0.4 is 15.4 Å². The summed E-state index contributed by atoms with van der Waals surface area (Å²) in [5.74, 6) is -0.364. The lowest BCUT2D eigenvalue weighted by molar-refractivity contribution is -0.116. The van der Waals surface area contributed by atoms with Gasteiger partial charge in [0.1, 0.15) is 0 Å². The Hall–Kier alpha value is -3.36. The van der Waals surface area contributed by atoms with E-state index in [2.05, 4.69) is 15.4 Å². The molecule has 0 heterocycles. The maximum atomic E-state index is 12.5. The van der Waals surface area contributed by atoms with Crippen molar-refractivity contribution >= 4 is 44.8 Å². The summed E-state index contributed by atoms with van der Waals surface area (Å²) in [7, 11) is -3.80. The standard InChI is InChI=1S/C24H24ClN3O4S/c1-2-3-23(29)27-20-10-4-17(5-11-20)16-26-24(30)18-6-14-22(15-7-18)33(31,32)28-21-12-8-19(25)9-13-21/h4-15,28H,2-3,16H2,1H3,(H,26,30)(H,27,29). The van der Waals surface area contributed by atoms with E-state index < -0.39 is 10.0 Å². The number of sulfonamides is 1. The SMILES string of the molecule is CCCC(=O)Nc1ccc(CNC(=O)c2ccc(S(=O)(=O)Nc3ccc(Cl)cc3)cc2)cc1. The Morgan fingerprint density at radius 3 is 2.06 bits per heavy atom. The van der Waals surface area contributed by atoms with Crippen LogP contribution in [0.4, 0.5) is 11.4 Å². The summed E-state index contributed by atoms with van der Waals surface area (Å²) in [6.45, 7) is 2.23. The van der Waals surface area contributed by atoms with Gasteiger partial charge in [-0.1, -0.05) is 30.7 Å².